The van der Waals surface area contributed by atoms with E-state index >= 15 is 0 Å². The summed E-state index contributed by atoms with van der Waals surface area (Å²) in [5, 5.41) is 3.49. The number of rotatable bonds is 4. The van der Waals surface area contributed by atoms with Gasteiger partial charge in [-0.3, -0.25) is 0 Å². The lowest BCUT2D eigenvalue weighted by Crippen LogP contribution is -2.22. The van der Waals surface area contributed by atoms with E-state index in [1.54, 1.807) is 0 Å². The van der Waals surface area contributed by atoms with Gasteiger partial charge in [0.25, 0.3) is 9.04 Å². The monoisotopic (exact) mass is 159 g/mol. The molecule has 0 radical (unpaired) electrons. The highest BCUT2D eigenvalue weighted by Gasteiger charge is 2.22. The summed E-state index contributed by atoms with van der Waals surface area (Å²) in [6, 6.07) is 0. The van der Waals surface area contributed by atoms with Crippen LogP contribution in [0.25, 0.3) is 0 Å². The normalized spacial score (nSPS) is 11.1. The van der Waals surface area contributed by atoms with Crippen LogP contribution in [0.1, 0.15) is 27.7 Å². The Kier molecular flexibility index (Phi) is 4.35. The van der Waals surface area contributed by atoms with Gasteiger partial charge in [-0.15, -0.1) is 5.16 Å². The van der Waals surface area contributed by atoms with Crippen molar-refractivity contribution in [1.82, 2.24) is 0 Å². The van der Waals surface area contributed by atoms with E-state index in [2.05, 4.69) is 39.6 Å². The molecule has 0 amide bonds. The lowest BCUT2D eigenvalue weighted by molar-refractivity contribution is 0.334. The third-order valence-corrected chi connectivity index (χ3v) is 4.53. The van der Waals surface area contributed by atoms with Crippen molar-refractivity contribution in [3.8, 4) is 0 Å². The smallest absolute Gasteiger partial charge is 0.277 e. The Labute approximate surface area is 65.0 Å². The molecule has 0 heterocycles. The van der Waals surface area contributed by atoms with E-state index in [1.807, 2.05) is 0 Å². The first-order valence-electron chi connectivity index (χ1n) is 3.71. The van der Waals surface area contributed by atoms with Gasteiger partial charge < -0.3 is 4.53 Å². The van der Waals surface area contributed by atoms with Crippen molar-refractivity contribution in [3.63, 3.8) is 0 Å². The first-order valence-corrected chi connectivity index (χ1v) is 5.52. The minimum absolute atomic E-state index is 0.644. The lowest BCUT2D eigenvalue weighted by atomic mass is 10.5. The van der Waals surface area contributed by atoms with Crippen LogP contribution in [0.3, 0.4) is 0 Å². The highest BCUT2D eigenvalue weighted by Crippen LogP contribution is 2.20. The molecule has 10 heavy (non-hydrogen) atoms. The van der Waals surface area contributed by atoms with Crippen LogP contribution >= 0.6 is 0 Å². The van der Waals surface area contributed by atoms with Gasteiger partial charge >= 0.3 is 0 Å². The van der Waals surface area contributed by atoms with E-state index in [0.717, 1.165) is 0 Å². The Morgan fingerprint density at radius 2 is 1.60 bits per heavy atom. The van der Waals surface area contributed by atoms with Gasteiger partial charge in [0.05, 0.1) is 0 Å². The van der Waals surface area contributed by atoms with Crippen molar-refractivity contribution in [2.24, 2.45) is 5.16 Å². The number of oxime groups is 1. The first kappa shape index (κ1) is 9.69. The average Bonchev–Trinajstić information content (AvgIpc) is 1.81. The lowest BCUT2D eigenvalue weighted by Gasteiger charge is -2.19. The highest BCUT2D eigenvalue weighted by atomic mass is 28.3. The summed E-state index contributed by atoms with van der Waals surface area (Å²) in [5.74, 6) is 0. The average molecular weight is 159 g/mol. The van der Waals surface area contributed by atoms with E-state index in [0.29, 0.717) is 11.1 Å². The van der Waals surface area contributed by atoms with Crippen molar-refractivity contribution in [1.29, 1.82) is 0 Å². The summed E-state index contributed by atoms with van der Waals surface area (Å²) in [4.78, 5) is 0. The zero-order valence-electron chi connectivity index (χ0n) is 7.29. The van der Waals surface area contributed by atoms with Crippen LogP contribution in [0.5, 0.6) is 0 Å². The van der Waals surface area contributed by atoms with Crippen LogP contribution in [-0.2, 0) is 4.53 Å². The second-order valence-corrected chi connectivity index (χ2v) is 6.99. The Balaban J connectivity index is 3.84. The second-order valence-electron chi connectivity index (χ2n) is 3.19. The Morgan fingerprint density at radius 3 is 1.70 bits per heavy atom. The largest absolute Gasteiger partial charge is 0.459 e. The molecule has 0 aromatic heterocycles. The predicted octanol–water partition coefficient (Wildman–Crippen LogP) is 2.16. The summed E-state index contributed by atoms with van der Waals surface area (Å²) in [5.41, 5.74) is 1.29. The molecule has 0 saturated heterocycles. The van der Waals surface area contributed by atoms with Gasteiger partial charge in [0.15, 0.2) is 0 Å². The van der Waals surface area contributed by atoms with Crippen molar-refractivity contribution in [2.45, 2.75) is 38.8 Å². The molecule has 3 heteroatoms. The fourth-order valence-corrected chi connectivity index (χ4v) is 3.30. The molecule has 2 nitrogen and oxygen atoms in total. The molecule has 0 unspecified atom stereocenters. The summed E-state index contributed by atoms with van der Waals surface area (Å²) in [6.45, 7) is 12.1. The molecule has 0 aliphatic rings. The molecule has 0 aromatic carbocycles. The summed E-state index contributed by atoms with van der Waals surface area (Å²) >= 11 is 0. The minimum atomic E-state index is -1.11. The van der Waals surface area contributed by atoms with Gasteiger partial charge in [-0.1, -0.05) is 27.7 Å². The van der Waals surface area contributed by atoms with Crippen LogP contribution in [-0.4, -0.2) is 15.8 Å². The van der Waals surface area contributed by atoms with Crippen molar-refractivity contribution < 1.29 is 4.53 Å². The molecule has 0 aliphatic carbocycles. The molecule has 0 N–H and O–H groups in total. The molecule has 0 aliphatic heterocycles. The molecule has 0 bridgehead atoms. The maximum absolute atomic E-state index is 5.22. The van der Waals surface area contributed by atoms with Gasteiger partial charge in [-0.05, 0) is 11.1 Å². The van der Waals surface area contributed by atoms with Gasteiger partial charge in [-0.2, -0.15) is 0 Å². The Morgan fingerprint density at radius 1 is 1.20 bits per heavy atom. The molecule has 0 atom stereocenters. The number of hydrogen-bond donors (Lipinski definition) is 0. The van der Waals surface area contributed by atoms with Gasteiger partial charge in [0.2, 0.25) is 0 Å². The zero-order valence-corrected chi connectivity index (χ0v) is 8.45. The first-order chi connectivity index (χ1) is 4.59. The number of hydrogen-bond acceptors (Lipinski definition) is 2. The summed E-state index contributed by atoms with van der Waals surface area (Å²) in [7, 11) is -1.11. The minimum Gasteiger partial charge on any atom is -0.459 e. The quantitative estimate of drug-likeness (QED) is 0.350. The fraction of sp³-hybridized carbons (Fsp3) is 0.857. The fourth-order valence-electron chi connectivity index (χ4n) is 1.10. The Hall–Kier alpha value is -0.313. The standard InChI is InChI=1S/C7H17NOSi/c1-6(2)10(7(3)4)9-8-5/h6-7,10H,5H2,1-4H3. The molecular formula is C7H17NOSi. The van der Waals surface area contributed by atoms with E-state index in [-0.39, 0.29) is 0 Å². The van der Waals surface area contributed by atoms with Crippen molar-refractivity contribution >= 4 is 15.8 Å². The number of nitrogens with zero attached hydrogens (tertiary/aromatic N) is 1. The van der Waals surface area contributed by atoms with Crippen LogP contribution in [0.15, 0.2) is 5.16 Å². The third-order valence-electron chi connectivity index (χ3n) is 1.51. The van der Waals surface area contributed by atoms with Crippen LogP contribution in [0, 0.1) is 0 Å². The van der Waals surface area contributed by atoms with Gasteiger partial charge in [0, 0.05) is 6.72 Å². The van der Waals surface area contributed by atoms with E-state index in [4.69, 9.17) is 4.53 Å². The van der Waals surface area contributed by atoms with Crippen LogP contribution in [0.2, 0.25) is 11.1 Å². The topological polar surface area (TPSA) is 21.6 Å². The summed E-state index contributed by atoms with van der Waals surface area (Å²) < 4.78 is 5.22. The van der Waals surface area contributed by atoms with E-state index in [1.165, 1.54) is 0 Å². The maximum atomic E-state index is 5.22. The van der Waals surface area contributed by atoms with Crippen molar-refractivity contribution in [2.75, 3.05) is 0 Å². The van der Waals surface area contributed by atoms with Gasteiger partial charge in [-0.25, -0.2) is 0 Å². The third kappa shape index (κ3) is 3.01. The molecule has 0 spiro atoms. The molecule has 0 saturated carbocycles. The predicted molar refractivity (Wildman–Crippen MR) is 48.0 cm³/mol. The second kappa shape index (κ2) is 4.49. The van der Waals surface area contributed by atoms with E-state index < -0.39 is 9.04 Å². The zero-order chi connectivity index (χ0) is 8.15. The van der Waals surface area contributed by atoms with Crippen molar-refractivity contribution in [3.05, 3.63) is 0 Å². The molecule has 0 fully saturated rings. The van der Waals surface area contributed by atoms with Gasteiger partial charge in [0.1, 0.15) is 0 Å². The highest BCUT2D eigenvalue weighted by molar-refractivity contribution is 6.54. The molecule has 0 aromatic rings. The Bertz CT molecular complexity index is 95.8. The van der Waals surface area contributed by atoms with Crippen LogP contribution in [0.4, 0.5) is 0 Å². The SMILES string of the molecule is C=NO[SiH](C(C)C)C(C)C. The van der Waals surface area contributed by atoms with Crippen LogP contribution < -0.4 is 0 Å². The molecular weight excluding hydrogens is 142 g/mol. The summed E-state index contributed by atoms with van der Waals surface area (Å²) in [6.07, 6.45) is 0. The van der Waals surface area contributed by atoms with E-state index in [9.17, 15) is 0 Å². The molecule has 60 valence electrons. The maximum Gasteiger partial charge on any atom is 0.277 e. The molecule has 0 rings (SSSR count).